The third kappa shape index (κ3) is 3.46. The average Bonchev–Trinajstić information content (AvgIpc) is 2.95. The first-order valence-corrected chi connectivity index (χ1v) is 7.13. The van der Waals surface area contributed by atoms with Gasteiger partial charge >= 0.3 is 5.97 Å². The first-order valence-electron chi connectivity index (χ1n) is 7.13. The van der Waals surface area contributed by atoms with Gasteiger partial charge in [0.25, 0.3) is 0 Å². The van der Waals surface area contributed by atoms with E-state index in [9.17, 15) is 4.79 Å². The van der Waals surface area contributed by atoms with E-state index in [1.807, 2.05) is 6.92 Å². The van der Waals surface area contributed by atoms with Crippen LogP contribution >= 0.6 is 0 Å². The second kappa shape index (κ2) is 6.32. The minimum Gasteiger partial charge on any atom is -0.458 e. The Morgan fingerprint density at radius 2 is 2.05 bits per heavy atom. The molecule has 0 N–H and O–H groups in total. The topological polar surface area (TPSA) is 57.2 Å². The third-order valence-corrected chi connectivity index (χ3v) is 3.54. The van der Waals surface area contributed by atoms with Crippen LogP contribution in [0, 0.1) is 0 Å². The van der Waals surface area contributed by atoms with Crippen molar-refractivity contribution in [3.8, 4) is 11.5 Å². The molecule has 6 heteroatoms. The lowest BCUT2D eigenvalue weighted by Gasteiger charge is -2.28. The normalized spacial score (nSPS) is 19.3. The zero-order chi connectivity index (χ0) is 14.7. The summed E-state index contributed by atoms with van der Waals surface area (Å²) in [7, 11) is 0. The van der Waals surface area contributed by atoms with Crippen LogP contribution in [0.5, 0.6) is 11.5 Å². The van der Waals surface area contributed by atoms with E-state index >= 15 is 0 Å². The van der Waals surface area contributed by atoms with Crippen molar-refractivity contribution in [2.45, 2.75) is 13.0 Å². The van der Waals surface area contributed by atoms with E-state index in [0.717, 1.165) is 32.8 Å². The number of esters is 1. The maximum absolute atomic E-state index is 12.1. The summed E-state index contributed by atoms with van der Waals surface area (Å²) in [5, 5.41) is 0. The number of morpholine rings is 1. The monoisotopic (exact) mass is 293 g/mol. The molecule has 0 saturated carbocycles. The maximum Gasteiger partial charge on any atom is 0.338 e. The van der Waals surface area contributed by atoms with Crippen molar-refractivity contribution in [3.63, 3.8) is 0 Å². The zero-order valence-corrected chi connectivity index (χ0v) is 12.0. The molecule has 0 aliphatic carbocycles. The Kier molecular flexibility index (Phi) is 4.26. The number of carbonyl (C=O) groups excluding carboxylic acids is 1. The molecule has 21 heavy (non-hydrogen) atoms. The Labute approximate surface area is 123 Å². The van der Waals surface area contributed by atoms with Crippen LogP contribution in [0.15, 0.2) is 18.2 Å². The molecule has 114 valence electrons. The highest BCUT2D eigenvalue weighted by Crippen LogP contribution is 2.32. The number of ether oxygens (including phenoxy) is 4. The SMILES string of the molecule is C[C@@H](CN1CCOCC1)OC(=O)c1ccc2c(c1)OCO2. The standard InChI is InChI=1S/C15H19NO5/c1-11(9-16-4-6-18-7-5-16)21-15(17)12-2-3-13-14(8-12)20-10-19-13/h2-3,8,11H,4-7,9-10H2,1H3/t11-/m0/s1. The fourth-order valence-corrected chi connectivity index (χ4v) is 2.46. The number of hydrogen-bond acceptors (Lipinski definition) is 6. The second-order valence-electron chi connectivity index (χ2n) is 5.20. The zero-order valence-electron chi connectivity index (χ0n) is 12.0. The number of fused-ring (bicyclic) bond motifs is 1. The Balaban J connectivity index is 1.55. The molecular formula is C15H19NO5. The fourth-order valence-electron chi connectivity index (χ4n) is 2.46. The second-order valence-corrected chi connectivity index (χ2v) is 5.20. The van der Waals surface area contributed by atoms with Gasteiger partial charge in [-0.1, -0.05) is 0 Å². The van der Waals surface area contributed by atoms with Gasteiger partial charge in [-0.3, -0.25) is 4.90 Å². The van der Waals surface area contributed by atoms with Crippen LogP contribution in [0.1, 0.15) is 17.3 Å². The molecule has 1 aromatic rings. The van der Waals surface area contributed by atoms with Gasteiger partial charge in [-0.25, -0.2) is 4.79 Å². The number of nitrogens with zero attached hydrogens (tertiary/aromatic N) is 1. The third-order valence-electron chi connectivity index (χ3n) is 3.54. The summed E-state index contributed by atoms with van der Waals surface area (Å²) in [6.45, 7) is 6.06. The Morgan fingerprint density at radius 1 is 1.29 bits per heavy atom. The number of rotatable bonds is 4. The fraction of sp³-hybridized carbons (Fsp3) is 0.533. The predicted octanol–water partition coefficient (Wildman–Crippen LogP) is 1.29. The molecule has 0 aromatic heterocycles. The Hall–Kier alpha value is -1.79. The summed E-state index contributed by atoms with van der Waals surface area (Å²) in [6.07, 6.45) is -0.166. The van der Waals surface area contributed by atoms with Gasteiger partial charge in [-0.05, 0) is 25.1 Å². The van der Waals surface area contributed by atoms with Crippen molar-refractivity contribution in [2.75, 3.05) is 39.6 Å². The molecule has 1 aromatic carbocycles. The largest absolute Gasteiger partial charge is 0.458 e. The van der Waals surface area contributed by atoms with Gasteiger partial charge in [0, 0.05) is 19.6 Å². The van der Waals surface area contributed by atoms with Crippen LogP contribution in [-0.4, -0.2) is 56.6 Å². The predicted molar refractivity (Wildman–Crippen MR) is 74.7 cm³/mol. The lowest BCUT2D eigenvalue weighted by Crippen LogP contribution is -2.41. The molecular weight excluding hydrogens is 274 g/mol. The number of hydrogen-bond donors (Lipinski definition) is 0. The smallest absolute Gasteiger partial charge is 0.338 e. The lowest BCUT2D eigenvalue weighted by molar-refractivity contribution is 0.000430. The molecule has 1 saturated heterocycles. The molecule has 1 atom stereocenters. The highest BCUT2D eigenvalue weighted by atomic mass is 16.7. The summed E-state index contributed by atoms with van der Waals surface area (Å²) >= 11 is 0. The van der Waals surface area contributed by atoms with E-state index < -0.39 is 0 Å². The molecule has 1 fully saturated rings. The number of carbonyl (C=O) groups is 1. The van der Waals surface area contributed by atoms with Crippen LogP contribution in [0.4, 0.5) is 0 Å². The van der Waals surface area contributed by atoms with Crippen molar-refractivity contribution in [3.05, 3.63) is 23.8 Å². The van der Waals surface area contributed by atoms with E-state index in [2.05, 4.69) is 4.90 Å². The Morgan fingerprint density at radius 3 is 2.86 bits per heavy atom. The van der Waals surface area contributed by atoms with Crippen molar-refractivity contribution in [2.24, 2.45) is 0 Å². The maximum atomic E-state index is 12.1. The molecule has 0 amide bonds. The van der Waals surface area contributed by atoms with Crippen LogP contribution in [0.3, 0.4) is 0 Å². The van der Waals surface area contributed by atoms with Crippen LogP contribution in [-0.2, 0) is 9.47 Å². The van der Waals surface area contributed by atoms with Crippen molar-refractivity contribution in [1.29, 1.82) is 0 Å². The molecule has 0 radical (unpaired) electrons. The first-order chi connectivity index (χ1) is 10.2. The van der Waals surface area contributed by atoms with Gasteiger partial charge < -0.3 is 18.9 Å². The molecule has 0 unspecified atom stereocenters. The molecule has 2 aliphatic rings. The molecule has 2 aliphatic heterocycles. The van der Waals surface area contributed by atoms with Gasteiger partial charge in [0.1, 0.15) is 6.10 Å². The van der Waals surface area contributed by atoms with E-state index in [1.54, 1.807) is 18.2 Å². The highest BCUT2D eigenvalue weighted by Gasteiger charge is 2.20. The van der Waals surface area contributed by atoms with E-state index in [1.165, 1.54) is 0 Å². The highest BCUT2D eigenvalue weighted by molar-refractivity contribution is 5.90. The van der Waals surface area contributed by atoms with E-state index in [-0.39, 0.29) is 18.9 Å². The van der Waals surface area contributed by atoms with E-state index in [0.29, 0.717) is 17.1 Å². The van der Waals surface area contributed by atoms with Crippen LogP contribution < -0.4 is 9.47 Å². The Bertz CT molecular complexity index is 513. The van der Waals surface area contributed by atoms with E-state index in [4.69, 9.17) is 18.9 Å². The van der Waals surface area contributed by atoms with Crippen molar-refractivity contribution in [1.82, 2.24) is 4.90 Å². The van der Waals surface area contributed by atoms with Gasteiger partial charge in [0.2, 0.25) is 6.79 Å². The lowest BCUT2D eigenvalue weighted by atomic mass is 10.2. The summed E-state index contributed by atoms with van der Waals surface area (Å²) in [4.78, 5) is 14.4. The van der Waals surface area contributed by atoms with Gasteiger partial charge in [-0.15, -0.1) is 0 Å². The van der Waals surface area contributed by atoms with Crippen LogP contribution in [0.2, 0.25) is 0 Å². The summed E-state index contributed by atoms with van der Waals surface area (Å²) in [5.74, 6) is 0.909. The molecule has 0 spiro atoms. The molecule has 2 heterocycles. The molecule has 6 nitrogen and oxygen atoms in total. The van der Waals surface area contributed by atoms with Crippen molar-refractivity contribution < 1.29 is 23.7 Å². The van der Waals surface area contributed by atoms with Gasteiger partial charge in [0.05, 0.1) is 18.8 Å². The van der Waals surface area contributed by atoms with Gasteiger partial charge in [0.15, 0.2) is 11.5 Å². The minimum atomic E-state index is -0.339. The minimum absolute atomic E-state index is 0.166. The number of benzene rings is 1. The summed E-state index contributed by atoms with van der Waals surface area (Å²) in [5.41, 5.74) is 0.480. The first kappa shape index (κ1) is 14.2. The van der Waals surface area contributed by atoms with Crippen LogP contribution in [0.25, 0.3) is 0 Å². The quantitative estimate of drug-likeness (QED) is 0.780. The summed E-state index contributed by atoms with van der Waals surface area (Å²) < 4.78 is 21.3. The molecule has 3 rings (SSSR count). The summed E-state index contributed by atoms with van der Waals surface area (Å²) in [6, 6.07) is 5.08. The van der Waals surface area contributed by atoms with Crippen molar-refractivity contribution >= 4 is 5.97 Å². The van der Waals surface area contributed by atoms with Gasteiger partial charge in [-0.2, -0.15) is 0 Å². The average molecular weight is 293 g/mol. The molecule has 0 bridgehead atoms.